The highest BCUT2D eigenvalue weighted by atomic mass is 16.5. The van der Waals surface area contributed by atoms with E-state index in [0.717, 1.165) is 12.8 Å². The maximum absolute atomic E-state index is 10.6. The molecule has 0 aromatic heterocycles. The molecule has 1 saturated carbocycles. The molecule has 1 aliphatic heterocycles. The quantitative estimate of drug-likeness (QED) is 0.895. The van der Waals surface area contributed by atoms with Crippen molar-refractivity contribution < 1.29 is 9.84 Å². The molecule has 0 radical (unpaired) electrons. The maximum atomic E-state index is 10.6. The Hall–Kier alpha value is -0.900. The molecule has 2 N–H and O–H groups in total. The third-order valence-corrected chi connectivity index (χ3v) is 5.11. The van der Waals surface area contributed by atoms with Gasteiger partial charge in [0.25, 0.3) is 0 Å². The van der Waals surface area contributed by atoms with Crippen molar-refractivity contribution in [2.24, 2.45) is 0 Å². The molecule has 1 aliphatic carbocycles. The van der Waals surface area contributed by atoms with Gasteiger partial charge in [-0.15, -0.1) is 0 Å². The standard InChI is InChI=1S/C18H27NO2/c20-18(10-12-21-13-11-18)14-19-17-9-5-4-8-16(17)15-6-2-1-3-7-15/h1-3,6-7,16-17,19-20H,4-5,8-14H2/t16-,17+/m1/s1. The molecule has 2 fully saturated rings. The number of hydrogen-bond donors (Lipinski definition) is 2. The van der Waals surface area contributed by atoms with Crippen molar-refractivity contribution in [3.05, 3.63) is 35.9 Å². The summed E-state index contributed by atoms with van der Waals surface area (Å²) in [6.45, 7) is 2.07. The summed E-state index contributed by atoms with van der Waals surface area (Å²) in [5, 5.41) is 14.3. The van der Waals surface area contributed by atoms with Crippen molar-refractivity contribution in [2.45, 2.75) is 56.1 Å². The Kier molecular flexibility index (Phi) is 4.94. The molecule has 116 valence electrons. The monoisotopic (exact) mass is 289 g/mol. The summed E-state index contributed by atoms with van der Waals surface area (Å²) in [6, 6.07) is 11.3. The lowest BCUT2D eigenvalue weighted by atomic mass is 9.79. The molecule has 2 atom stereocenters. The van der Waals surface area contributed by atoms with Crippen molar-refractivity contribution >= 4 is 0 Å². The normalized spacial score (nSPS) is 29.2. The molecule has 1 aromatic rings. The van der Waals surface area contributed by atoms with E-state index in [1.54, 1.807) is 0 Å². The summed E-state index contributed by atoms with van der Waals surface area (Å²) >= 11 is 0. The molecule has 21 heavy (non-hydrogen) atoms. The molecule has 3 nitrogen and oxygen atoms in total. The fourth-order valence-electron chi connectivity index (χ4n) is 3.72. The Morgan fingerprint density at radius 2 is 1.81 bits per heavy atom. The Bertz CT molecular complexity index is 428. The first-order valence-electron chi connectivity index (χ1n) is 8.35. The first kappa shape index (κ1) is 15.0. The lowest BCUT2D eigenvalue weighted by Crippen LogP contribution is -2.49. The van der Waals surface area contributed by atoms with E-state index in [1.165, 1.54) is 31.2 Å². The van der Waals surface area contributed by atoms with Crippen molar-refractivity contribution in [3.8, 4) is 0 Å². The third kappa shape index (κ3) is 3.85. The molecule has 0 unspecified atom stereocenters. The number of ether oxygens (including phenoxy) is 1. The Balaban J connectivity index is 1.62. The van der Waals surface area contributed by atoms with Crippen LogP contribution in [0.15, 0.2) is 30.3 Å². The van der Waals surface area contributed by atoms with Crippen LogP contribution >= 0.6 is 0 Å². The molecule has 3 heteroatoms. The van der Waals surface area contributed by atoms with Gasteiger partial charge in [-0.05, 0) is 24.3 Å². The molecule has 1 aromatic carbocycles. The van der Waals surface area contributed by atoms with Crippen LogP contribution in [0, 0.1) is 0 Å². The van der Waals surface area contributed by atoms with Gasteiger partial charge in [0.15, 0.2) is 0 Å². The van der Waals surface area contributed by atoms with E-state index in [2.05, 4.69) is 35.6 Å². The predicted octanol–water partition coefficient (Wildman–Crippen LogP) is 2.84. The van der Waals surface area contributed by atoms with E-state index in [9.17, 15) is 5.11 Å². The second-order valence-electron chi connectivity index (χ2n) is 6.63. The lowest BCUT2D eigenvalue weighted by Gasteiger charge is -2.37. The van der Waals surface area contributed by atoms with E-state index in [-0.39, 0.29) is 0 Å². The van der Waals surface area contributed by atoms with Gasteiger partial charge in [0.05, 0.1) is 5.60 Å². The van der Waals surface area contributed by atoms with Gasteiger partial charge in [-0.1, -0.05) is 43.2 Å². The topological polar surface area (TPSA) is 41.5 Å². The number of rotatable bonds is 4. The zero-order valence-electron chi connectivity index (χ0n) is 12.8. The summed E-state index contributed by atoms with van der Waals surface area (Å²) in [6.07, 6.45) is 6.58. The second kappa shape index (κ2) is 6.91. The van der Waals surface area contributed by atoms with Crippen molar-refractivity contribution in [3.63, 3.8) is 0 Å². The average molecular weight is 289 g/mol. The Morgan fingerprint density at radius 3 is 2.57 bits per heavy atom. The van der Waals surface area contributed by atoms with Gasteiger partial charge in [-0.3, -0.25) is 0 Å². The van der Waals surface area contributed by atoms with E-state index in [4.69, 9.17) is 4.74 Å². The van der Waals surface area contributed by atoms with Crippen LogP contribution in [-0.2, 0) is 4.74 Å². The van der Waals surface area contributed by atoms with Gasteiger partial charge in [0.2, 0.25) is 0 Å². The van der Waals surface area contributed by atoms with Gasteiger partial charge in [0, 0.05) is 38.6 Å². The summed E-state index contributed by atoms with van der Waals surface area (Å²) in [5.74, 6) is 0.586. The van der Waals surface area contributed by atoms with Crippen molar-refractivity contribution in [1.82, 2.24) is 5.32 Å². The van der Waals surface area contributed by atoms with Gasteiger partial charge in [-0.2, -0.15) is 0 Å². The van der Waals surface area contributed by atoms with Gasteiger partial charge < -0.3 is 15.2 Å². The minimum atomic E-state index is -0.572. The number of nitrogens with one attached hydrogen (secondary N) is 1. The lowest BCUT2D eigenvalue weighted by molar-refractivity contribution is -0.0634. The smallest absolute Gasteiger partial charge is 0.0815 e. The minimum absolute atomic E-state index is 0.494. The predicted molar refractivity (Wildman–Crippen MR) is 84.4 cm³/mol. The highest BCUT2D eigenvalue weighted by molar-refractivity contribution is 5.22. The first-order valence-corrected chi connectivity index (χ1v) is 8.35. The third-order valence-electron chi connectivity index (χ3n) is 5.11. The highest BCUT2D eigenvalue weighted by Crippen LogP contribution is 2.33. The first-order chi connectivity index (χ1) is 10.3. The van der Waals surface area contributed by atoms with E-state index in [0.29, 0.717) is 31.7 Å². The summed E-state index contributed by atoms with van der Waals surface area (Å²) in [5.41, 5.74) is 0.866. The molecule has 3 rings (SSSR count). The van der Waals surface area contributed by atoms with Crippen LogP contribution in [0.4, 0.5) is 0 Å². The molecule has 1 saturated heterocycles. The summed E-state index contributed by atoms with van der Waals surface area (Å²) in [4.78, 5) is 0. The Labute approximate surface area is 127 Å². The molecule has 2 aliphatic rings. The average Bonchev–Trinajstić information content (AvgIpc) is 2.55. The fraction of sp³-hybridized carbons (Fsp3) is 0.667. The van der Waals surface area contributed by atoms with Crippen LogP contribution in [0.25, 0.3) is 0 Å². The number of aliphatic hydroxyl groups is 1. The van der Waals surface area contributed by atoms with Crippen molar-refractivity contribution in [2.75, 3.05) is 19.8 Å². The van der Waals surface area contributed by atoms with E-state index < -0.39 is 5.60 Å². The molecule has 0 amide bonds. The molecule has 0 spiro atoms. The zero-order chi connectivity index (χ0) is 14.5. The Morgan fingerprint density at radius 1 is 1.10 bits per heavy atom. The fourth-order valence-corrected chi connectivity index (χ4v) is 3.72. The van der Waals surface area contributed by atoms with Crippen LogP contribution in [0.1, 0.15) is 50.0 Å². The van der Waals surface area contributed by atoms with Crippen LogP contribution in [0.2, 0.25) is 0 Å². The maximum Gasteiger partial charge on any atom is 0.0815 e. The summed E-state index contributed by atoms with van der Waals surface area (Å²) < 4.78 is 5.36. The molecular weight excluding hydrogens is 262 g/mol. The van der Waals surface area contributed by atoms with Crippen LogP contribution < -0.4 is 5.32 Å². The molecule has 0 bridgehead atoms. The van der Waals surface area contributed by atoms with Crippen LogP contribution in [-0.4, -0.2) is 36.5 Å². The van der Waals surface area contributed by atoms with Crippen LogP contribution in [0.5, 0.6) is 0 Å². The molecule has 1 heterocycles. The second-order valence-corrected chi connectivity index (χ2v) is 6.63. The number of benzene rings is 1. The minimum Gasteiger partial charge on any atom is -0.388 e. The zero-order valence-corrected chi connectivity index (χ0v) is 12.8. The van der Waals surface area contributed by atoms with Gasteiger partial charge in [-0.25, -0.2) is 0 Å². The molecular formula is C18H27NO2. The highest BCUT2D eigenvalue weighted by Gasteiger charge is 2.32. The van der Waals surface area contributed by atoms with E-state index in [1.807, 2.05) is 0 Å². The van der Waals surface area contributed by atoms with Crippen LogP contribution in [0.3, 0.4) is 0 Å². The van der Waals surface area contributed by atoms with E-state index >= 15 is 0 Å². The SMILES string of the molecule is OC1(CN[C@H]2CCCC[C@@H]2c2ccccc2)CCOCC1. The van der Waals surface area contributed by atoms with Crippen molar-refractivity contribution in [1.29, 1.82) is 0 Å². The van der Waals surface area contributed by atoms with Gasteiger partial charge >= 0.3 is 0 Å². The number of hydrogen-bond acceptors (Lipinski definition) is 3. The largest absolute Gasteiger partial charge is 0.388 e. The van der Waals surface area contributed by atoms with Gasteiger partial charge in [0.1, 0.15) is 0 Å². The summed E-state index contributed by atoms with van der Waals surface area (Å²) in [7, 11) is 0.